The molecule has 0 fully saturated rings. The maximum Gasteiger partial charge on any atom is 0.257 e. The molecule has 0 aliphatic rings. The lowest BCUT2D eigenvalue weighted by Crippen LogP contribution is -2.34. The van der Waals surface area contributed by atoms with Crippen LogP contribution in [-0.4, -0.2) is 28.9 Å². The summed E-state index contributed by atoms with van der Waals surface area (Å²) in [6.45, 7) is 7.23. The molecule has 100 valence electrons. The van der Waals surface area contributed by atoms with Gasteiger partial charge in [-0.05, 0) is 18.9 Å². The Hall–Kier alpha value is -1.16. The van der Waals surface area contributed by atoms with Crippen molar-refractivity contribution < 1.29 is 9.18 Å². The molecule has 1 aromatic rings. The fraction of sp³-hybridized carbons (Fsp3) is 0.538. The second kappa shape index (κ2) is 6.69. The first kappa shape index (κ1) is 14.9. The molecule has 0 aromatic carbocycles. The highest BCUT2D eigenvalue weighted by Crippen LogP contribution is 2.17. The van der Waals surface area contributed by atoms with Gasteiger partial charge in [0.15, 0.2) is 0 Å². The lowest BCUT2D eigenvalue weighted by atomic mass is 10.1. The number of hydrogen-bond donors (Lipinski definition) is 0. The summed E-state index contributed by atoms with van der Waals surface area (Å²) in [7, 11) is 0. The van der Waals surface area contributed by atoms with E-state index in [-0.39, 0.29) is 16.6 Å². The van der Waals surface area contributed by atoms with Crippen molar-refractivity contribution in [1.82, 2.24) is 9.88 Å². The van der Waals surface area contributed by atoms with Gasteiger partial charge < -0.3 is 4.90 Å². The maximum atomic E-state index is 13.1. The van der Waals surface area contributed by atoms with Crippen LogP contribution in [0.4, 0.5) is 4.39 Å². The largest absolute Gasteiger partial charge is 0.339 e. The Kier molecular flexibility index (Phi) is 5.54. The molecular formula is C13H18ClFN2O. The third-order valence-electron chi connectivity index (χ3n) is 2.93. The predicted molar refractivity (Wildman–Crippen MR) is 70.2 cm³/mol. The van der Waals surface area contributed by atoms with Gasteiger partial charge in [-0.2, -0.15) is 0 Å². The molecule has 1 atom stereocenters. The van der Waals surface area contributed by atoms with Gasteiger partial charge in [0.05, 0.1) is 11.8 Å². The van der Waals surface area contributed by atoms with Gasteiger partial charge in [0.1, 0.15) is 11.0 Å². The number of halogens is 2. The van der Waals surface area contributed by atoms with Crippen molar-refractivity contribution in [2.45, 2.75) is 27.2 Å². The second-order valence-corrected chi connectivity index (χ2v) is 4.71. The summed E-state index contributed by atoms with van der Waals surface area (Å²) >= 11 is 5.84. The van der Waals surface area contributed by atoms with Crippen LogP contribution in [0, 0.1) is 11.7 Å². The Labute approximate surface area is 112 Å². The quantitative estimate of drug-likeness (QED) is 0.770. The van der Waals surface area contributed by atoms with Gasteiger partial charge in [-0.3, -0.25) is 4.79 Å². The van der Waals surface area contributed by atoms with Crippen molar-refractivity contribution >= 4 is 17.5 Å². The molecule has 0 radical (unpaired) electrons. The van der Waals surface area contributed by atoms with E-state index in [2.05, 4.69) is 18.8 Å². The van der Waals surface area contributed by atoms with Gasteiger partial charge in [-0.1, -0.05) is 31.9 Å². The molecule has 18 heavy (non-hydrogen) atoms. The van der Waals surface area contributed by atoms with Crippen molar-refractivity contribution in [1.29, 1.82) is 0 Å². The van der Waals surface area contributed by atoms with Gasteiger partial charge in [0.25, 0.3) is 5.91 Å². The van der Waals surface area contributed by atoms with Gasteiger partial charge in [-0.25, -0.2) is 9.37 Å². The number of hydrogen-bond acceptors (Lipinski definition) is 2. The highest BCUT2D eigenvalue weighted by molar-refractivity contribution is 6.32. The Morgan fingerprint density at radius 2 is 2.22 bits per heavy atom. The predicted octanol–water partition coefficient (Wildman–Crippen LogP) is 3.38. The summed E-state index contributed by atoms with van der Waals surface area (Å²) in [6, 6.07) is 1.14. The first-order valence-electron chi connectivity index (χ1n) is 6.09. The van der Waals surface area contributed by atoms with E-state index in [0.29, 0.717) is 19.0 Å². The first-order chi connectivity index (χ1) is 8.49. The number of amides is 1. The van der Waals surface area contributed by atoms with Crippen LogP contribution in [0.2, 0.25) is 5.15 Å². The molecular weight excluding hydrogens is 255 g/mol. The highest BCUT2D eigenvalue weighted by atomic mass is 35.5. The van der Waals surface area contributed by atoms with Crippen molar-refractivity contribution in [2.24, 2.45) is 5.92 Å². The summed E-state index contributed by atoms with van der Waals surface area (Å²) < 4.78 is 13.1. The van der Waals surface area contributed by atoms with Crippen LogP contribution < -0.4 is 0 Å². The molecule has 0 bridgehead atoms. The highest BCUT2D eigenvalue weighted by Gasteiger charge is 2.20. The number of pyridine rings is 1. The number of aromatic nitrogens is 1. The topological polar surface area (TPSA) is 33.2 Å². The Morgan fingerprint density at radius 1 is 1.56 bits per heavy atom. The molecule has 0 aliphatic carbocycles. The van der Waals surface area contributed by atoms with Crippen molar-refractivity contribution in [3.8, 4) is 0 Å². The van der Waals surface area contributed by atoms with E-state index in [9.17, 15) is 9.18 Å². The van der Waals surface area contributed by atoms with E-state index >= 15 is 0 Å². The average Bonchev–Trinajstić information content (AvgIpc) is 2.37. The molecule has 1 rings (SSSR count). The molecule has 5 heteroatoms. The summed E-state index contributed by atoms with van der Waals surface area (Å²) in [5.41, 5.74) is 0.127. The van der Waals surface area contributed by atoms with Gasteiger partial charge in [0, 0.05) is 13.1 Å². The lowest BCUT2D eigenvalue weighted by molar-refractivity contribution is 0.0740. The van der Waals surface area contributed by atoms with Gasteiger partial charge in [-0.15, -0.1) is 0 Å². The van der Waals surface area contributed by atoms with E-state index < -0.39 is 5.82 Å². The number of carbonyl (C=O) groups excluding carboxylic acids is 1. The normalized spacial score (nSPS) is 12.3. The van der Waals surface area contributed by atoms with Crippen molar-refractivity contribution in [3.63, 3.8) is 0 Å². The molecule has 3 nitrogen and oxygen atoms in total. The van der Waals surface area contributed by atoms with Crippen molar-refractivity contribution in [3.05, 3.63) is 28.8 Å². The minimum Gasteiger partial charge on any atom is -0.339 e. The number of carbonyl (C=O) groups is 1. The average molecular weight is 273 g/mol. The molecule has 1 aromatic heterocycles. The zero-order valence-electron chi connectivity index (χ0n) is 10.9. The van der Waals surface area contributed by atoms with Crippen LogP contribution in [0.15, 0.2) is 12.3 Å². The molecule has 0 saturated heterocycles. The van der Waals surface area contributed by atoms with Crippen molar-refractivity contribution in [2.75, 3.05) is 13.1 Å². The zero-order chi connectivity index (χ0) is 13.7. The third-order valence-corrected chi connectivity index (χ3v) is 3.24. The number of rotatable bonds is 5. The minimum absolute atomic E-state index is 0.0454. The summed E-state index contributed by atoms with van der Waals surface area (Å²) in [4.78, 5) is 17.6. The molecule has 1 unspecified atom stereocenters. The van der Waals surface area contributed by atoms with Crippen LogP contribution in [0.3, 0.4) is 0 Å². The summed E-state index contributed by atoms with van der Waals surface area (Å²) in [5, 5.41) is 0.0454. The van der Waals surface area contributed by atoms with Gasteiger partial charge >= 0.3 is 0 Å². The fourth-order valence-electron chi connectivity index (χ4n) is 1.60. The summed E-state index contributed by atoms with van der Waals surface area (Å²) in [6.07, 6.45) is 1.99. The smallest absolute Gasteiger partial charge is 0.257 e. The molecule has 0 aliphatic heterocycles. The van der Waals surface area contributed by atoms with E-state index in [1.807, 2.05) is 6.92 Å². The van der Waals surface area contributed by atoms with E-state index in [0.717, 1.165) is 18.7 Å². The molecule has 1 heterocycles. The maximum absolute atomic E-state index is 13.1. The Morgan fingerprint density at radius 3 is 2.78 bits per heavy atom. The molecule has 1 amide bonds. The second-order valence-electron chi connectivity index (χ2n) is 4.35. The fourth-order valence-corrected chi connectivity index (χ4v) is 1.79. The first-order valence-corrected chi connectivity index (χ1v) is 6.47. The standard InChI is InChI=1S/C13H18ClFN2O/c1-4-9(3)8-17(5-2)13(18)11-6-10(15)7-16-12(11)14/h6-7,9H,4-5,8H2,1-3H3. The van der Waals surface area contributed by atoms with E-state index in [1.165, 1.54) is 0 Å². The van der Waals surface area contributed by atoms with Crippen LogP contribution >= 0.6 is 11.6 Å². The molecule has 0 saturated carbocycles. The monoisotopic (exact) mass is 272 g/mol. The molecule has 0 N–H and O–H groups in total. The van der Waals surface area contributed by atoms with Crippen LogP contribution in [0.1, 0.15) is 37.6 Å². The SMILES string of the molecule is CCC(C)CN(CC)C(=O)c1cc(F)cnc1Cl. The Balaban J connectivity index is 2.92. The van der Waals surface area contributed by atoms with E-state index in [1.54, 1.807) is 4.90 Å². The molecule has 0 spiro atoms. The summed E-state index contributed by atoms with van der Waals surface area (Å²) in [5.74, 6) is -0.425. The van der Waals surface area contributed by atoms with Crippen LogP contribution in [0.25, 0.3) is 0 Å². The lowest BCUT2D eigenvalue weighted by Gasteiger charge is -2.24. The van der Waals surface area contributed by atoms with Crippen LogP contribution in [0.5, 0.6) is 0 Å². The van der Waals surface area contributed by atoms with Gasteiger partial charge in [0.2, 0.25) is 0 Å². The Bertz CT molecular complexity index is 425. The third kappa shape index (κ3) is 3.67. The minimum atomic E-state index is -0.553. The van der Waals surface area contributed by atoms with E-state index in [4.69, 9.17) is 11.6 Å². The zero-order valence-corrected chi connectivity index (χ0v) is 11.7. The van der Waals surface area contributed by atoms with Crippen LogP contribution in [-0.2, 0) is 0 Å². The number of nitrogens with zero attached hydrogens (tertiary/aromatic N) is 2.